The number of hydrogen-bond acceptors (Lipinski definition) is 6. The molecule has 0 atom stereocenters. The third-order valence-corrected chi connectivity index (χ3v) is 3.98. The first-order valence-electron chi connectivity index (χ1n) is 7.42. The number of nitrogens with zero attached hydrogens (tertiary/aromatic N) is 3. The van der Waals surface area contributed by atoms with Crippen molar-refractivity contribution < 1.29 is 9.72 Å². The van der Waals surface area contributed by atoms with Crippen molar-refractivity contribution in [3.05, 3.63) is 80.4 Å². The quantitative estimate of drug-likeness (QED) is 0.293. The third kappa shape index (κ3) is 2.60. The van der Waals surface area contributed by atoms with E-state index >= 15 is 0 Å². The number of fused-ring (bicyclic) bond motifs is 1. The van der Waals surface area contributed by atoms with Crippen LogP contribution >= 0.6 is 0 Å². The van der Waals surface area contributed by atoms with E-state index in [1.54, 1.807) is 36.4 Å². The second-order valence-corrected chi connectivity index (χ2v) is 5.48. The van der Waals surface area contributed by atoms with Gasteiger partial charge in [0.15, 0.2) is 5.78 Å². The van der Waals surface area contributed by atoms with Crippen LogP contribution in [0.25, 0.3) is 11.6 Å². The smallest absolute Gasteiger partial charge is 0.278 e. The Morgan fingerprint density at radius 2 is 1.77 bits per heavy atom. The van der Waals surface area contributed by atoms with E-state index in [0.29, 0.717) is 11.1 Å². The minimum atomic E-state index is -0.603. The highest BCUT2D eigenvalue weighted by atomic mass is 16.6. The summed E-state index contributed by atoms with van der Waals surface area (Å²) < 4.78 is 0. The molecule has 0 aromatic heterocycles. The van der Waals surface area contributed by atoms with Crippen LogP contribution in [-0.4, -0.2) is 10.7 Å². The third-order valence-electron chi connectivity index (χ3n) is 3.98. The number of Topliss-reactive ketones (excluding diaryl/α,β-unsaturated/α-hetero) is 1. The molecule has 0 unspecified atom stereocenters. The van der Waals surface area contributed by atoms with Gasteiger partial charge in [0.1, 0.15) is 17.7 Å². The number of nitrogen functional groups attached to an aromatic ring is 1. The number of hydrogen-bond donors (Lipinski definition) is 1. The molecular formula is C19H10N4O3. The number of allylic oxidation sites excluding steroid dienone is 3. The van der Waals surface area contributed by atoms with Crippen molar-refractivity contribution in [2.24, 2.45) is 0 Å². The normalized spacial score (nSPS) is 13.8. The van der Waals surface area contributed by atoms with Crippen LogP contribution in [0, 0.1) is 32.8 Å². The second kappa shape index (κ2) is 6.34. The van der Waals surface area contributed by atoms with E-state index in [-0.39, 0.29) is 33.7 Å². The fourth-order valence-corrected chi connectivity index (χ4v) is 2.84. The van der Waals surface area contributed by atoms with Crippen LogP contribution in [0.4, 0.5) is 11.4 Å². The van der Waals surface area contributed by atoms with Crippen molar-refractivity contribution in [1.82, 2.24) is 0 Å². The predicted molar refractivity (Wildman–Crippen MR) is 94.4 cm³/mol. The number of carbonyl (C=O) groups excluding carboxylic acids is 1. The fourth-order valence-electron chi connectivity index (χ4n) is 2.84. The molecule has 7 heteroatoms. The van der Waals surface area contributed by atoms with Crippen LogP contribution in [0.5, 0.6) is 0 Å². The fraction of sp³-hybridized carbons (Fsp3) is 0. The van der Waals surface area contributed by atoms with Crippen molar-refractivity contribution in [3.8, 4) is 12.1 Å². The molecule has 26 heavy (non-hydrogen) atoms. The van der Waals surface area contributed by atoms with Gasteiger partial charge in [-0.1, -0.05) is 24.3 Å². The topological polar surface area (TPSA) is 134 Å². The highest BCUT2D eigenvalue weighted by Gasteiger charge is 2.32. The number of anilines is 1. The highest BCUT2D eigenvalue weighted by molar-refractivity contribution is 6.30. The van der Waals surface area contributed by atoms with E-state index in [2.05, 4.69) is 0 Å². The van der Waals surface area contributed by atoms with Gasteiger partial charge in [-0.3, -0.25) is 14.9 Å². The van der Waals surface area contributed by atoms with Gasteiger partial charge >= 0.3 is 0 Å². The first-order valence-corrected chi connectivity index (χ1v) is 7.42. The number of benzene rings is 2. The van der Waals surface area contributed by atoms with Crippen molar-refractivity contribution >= 4 is 28.8 Å². The average molecular weight is 342 g/mol. The summed E-state index contributed by atoms with van der Waals surface area (Å²) >= 11 is 0. The molecule has 0 saturated carbocycles. The van der Waals surface area contributed by atoms with E-state index in [1.165, 1.54) is 24.3 Å². The molecule has 0 fully saturated rings. The van der Waals surface area contributed by atoms with Crippen LogP contribution in [0.15, 0.2) is 53.6 Å². The Hall–Kier alpha value is -4.23. The molecule has 0 aliphatic heterocycles. The zero-order chi connectivity index (χ0) is 18.8. The lowest BCUT2D eigenvalue weighted by Crippen LogP contribution is -1.98. The van der Waals surface area contributed by atoms with E-state index in [4.69, 9.17) is 5.73 Å². The molecule has 2 aromatic carbocycles. The van der Waals surface area contributed by atoms with Crippen LogP contribution < -0.4 is 5.73 Å². The van der Waals surface area contributed by atoms with Crippen LogP contribution in [-0.2, 0) is 0 Å². The second-order valence-electron chi connectivity index (χ2n) is 5.48. The van der Waals surface area contributed by atoms with E-state index in [0.717, 1.165) is 0 Å². The van der Waals surface area contributed by atoms with Gasteiger partial charge in [-0.15, -0.1) is 0 Å². The summed E-state index contributed by atoms with van der Waals surface area (Å²) in [5.41, 5.74) is 6.53. The number of ketones is 1. The summed E-state index contributed by atoms with van der Waals surface area (Å²) in [6, 6.07) is 14.2. The molecular weight excluding hydrogens is 332 g/mol. The van der Waals surface area contributed by atoms with Crippen molar-refractivity contribution in [3.63, 3.8) is 0 Å². The Kier molecular flexibility index (Phi) is 4.06. The van der Waals surface area contributed by atoms with Gasteiger partial charge in [-0.2, -0.15) is 10.5 Å². The molecule has 0 bridgehead atoms. The molecule has 0 heterocycles. The molecule has 1 aliphatic carbocycles. The number of nitro groups is 1. The summed E-state index contributed by atoms with van der Waals surface area (Å²) in [5, 5.41) is 29.8. The Balaban J connectivity index is 2.32. The van der Waals surface area contributed by atoms with Gasteiger partial charge in [0.25, 0.3) is 5.69 Å². The van der Waals surface area contributed by atoms with Gasteiger partial charge in [-0.25, -0.2) is 0 Å². The lowest BCUT2D eigenvalue weighted by molar-refractivity contribution is -0.385. The van der Waals surface area contributed by atoms with Gasteiger partial charge in [0, 0.05) is 28.5 Å². The van der Waals surface area contributed by atoms with Gasteiger partial charge < -0.3 is 5.73 Å². The van der Waals surface area contributed by atoms with E-state index in [1.807, 2.05) is 0 Å². The first-order chi connectivity index (χ1) is 12.5. The lowest BCUT2D eigenvalue weighted by atomic mass is 9.97. The monoisotopic (exact) mass is 342 g/mol. The van der Waals surface area contributed by atoms with Crippen LogP contribution in [0.2, 0.25) is 0 Å². The highest BCUT2D eigenvalue weighted by Crippen LogP contribution is 2.40. The number of nitriles is 2. The summed E-state index contributed by atoms with van der Waals surface area (Å²) in [6.45, 7) is 0. The number of nitrogens with two attached hydrogens (primary N) is 1. The Morgan fingerprint density at radius 3 is 2.38 bits per heavy atom. The minimum Gasteiger partial charge on any atom is -0.399 e. The minimum absolute atomic E-state index is 0.0668. The first kappa shape index (κ1) is 16.6. The van der Waals surface area contributed by atoms with Crippen molar-refractivity contribution in [1.29, 1.82) is 10.5 Å². The Bertz CT molecular complexity index is 1100. The summed E-state index contributed by atoms with van der Waals surface area (Å²) in [5.74, 6) is -0.398. The number of rotatable bonds is 2. The SMILES string of the molecule is N#CC(C#N)=C1/C(=C/c2ccc(N)cc2[N+](=O)[O-])C(=O)c2ccccc21. The van der Waals surface area contributed by atoms with Crippen molar-refractivity contribution in [2.75, 3.05) is 5.73 Å². The van der Waals surface area contributed by atoms with Crippen LogP contribution in [0.1, 0.15) is 21.5 Å². The molecule has 3 rings (SSSR count). The summed E-state index contributed by atoms with van der Waals surface area (Å²) in [4.78, 5) is 23.5. The predicted octanol–water partition coefficient (Wildman–Crippen LogP) is 3.26. The maximum Gasteiger partial charge on any atom is 0.278 e. The van der Waals surface area contributed by atoms with E-state index < -0.39 is 10.7 Å². The standard InChI is InChI=1S/C19H10N4O3/c20-9-12(10-21)18-14-3-1-2-4-15(14)19(24)16(18)7-11-5-6-13(22)8-17(11)23(25)26/h1-8H,22H2/b16-7-. The molecule has 2 N–H and O–H groups in total. The molecule has 0 radical (unpaired) electrons. The van der Waals surface area contributed by atoms with Gasteiger partial charge in [-0.05, 0) is 23.8 Å². The van der Waals surface area contributed by atoms with E-state index in [9.17, 15) is 25.4 Å². The molecule has 7 nitrogen and oxygen atoms in total. The molecule has 1 aliphatic rings. The Morgan fingerprint density at radius 1 is 1.12 bits per heavy atom. The van der Waals surface area contributed by atoms with Gasteiger partial charge in [0.05, 0.1) is 10.5 Å². The maximum absolute atomic E-state index is 12.8. The molecule has 2 aromatic rings. The molecule has 0 saturated heterocycles. The Labute approximate surface area is 148 Å². The van der Waals surface area contributed by atoms with Crippen molar-refractivity contribution in [2.45, 2.75) is 0 Å². The maximum atomic E-state index is 12.8. The number of carbonyl (C=O) groups is 1. The summed E-state index contributed by atoms with van der Waals surface area (Å²) in [7, 11) is 0. The largest absolute Gasteiger partial charge is 0.399 e. The molecule has 0 amide bonds. The zero-order valence-electron chi connectivity index (χ0n) is 13.3. The average Bonchev–Trinajstić information content (AvgIpc) is 2.91. The zero-order valence-corrected chi connectivity index (χ0v) is 13.3. The summed E-state index contributed by atoms with van der Waals surface area (Å²) in [6.07, 6.45) is 1.32. The molecule has 124 valence electrons. The molecule has 0 spiro atoms. The lowest BCUT2D eigenvalue weighted by Gasteiger charge is -2.04. The van der Waals surface area contributed by atoms with Crippen LogP contribution in [0.3, 0.4) is 0 Å². The number of nitro benzene ring substituents is 1. The van der Waals surface area contributed by atoms with Gasteiger partial charge in [0.2, 0.25) is 0 Å².